The number of carbonyl (C=O) groups excluding carboxylic acids is 1. The zero-order valence-electron chi connectivity index (χ0n) is 14.5. The molecule has 0 bridgehead atoms. The van der Waals surface area contributed by atoms with E-state index in [2.05, 4.69) is 20.5 Å². The van der Waals surface area contributed by atoms with Crippen LogP contribution in [0.3, 0.4) is 0 Å². The van der Waals surface area contributed by atoms with Crippen LogP contribution in [0.1, 0.15) is 67.8 Å². The van der Waals surface area contributed by atoms with E-state index in [1.807, 2.05) is 27.7 Å². The third kappa shape index (κ3) is 2.82. The van der Waals surface area contributed by atoms with Gasteiger partial charge in [0.15, 0.2) is 0 Å². The number of aromatic nitrogens is 5. The molecule has 130 valence electrons. The van der Waals surface area contributed by atoms with Crippen LogP contribution in [0.2, 0.25) is 0 Å². The third-order valence-electron chi connectivity index (χ3n) is 4.53. The molecule has 2 aromatic heterocycles. The van der Waals surface area contributed by atoms with Gasteiger partial charge in [0.2, 0.25) is 0 Å². The Kier molecular flexibility index (Phi) is 4.16. The van der Waals surface area contributed by atoms with Crippen LogP contribution in [0.25, 0.3) is 0 Å². The summed E-state index contributed by atoms with van der Waals surface area (Å²) in [6.45, 7) is 8.71. The van der Waals surface area contributed by atoms with Crippen molar-refractivity contribution in [1.82, 2.24) is 30.1 Å². The number of likely N-dealkylation sites (tertiary alicyclic amines) is 1. The van der Waals surface area contributed by atoms with Gasteiger partial charge in [-0.25, -0.2) is 4.68 Å². The summed E-state index contributed by atoms with van der Waals surface area (Å²) in [5, 5.41) is 26.0. The molecule has 2 aromatic rings. The van der Waals surface area contributed by atoms with Crippen molar-refractivity contribution in [2.45, 2.75) is 51.7 Å². The first kappa shape index (κ1) is 16.6. The van der Waals surface area contributed by atoms with E-state index in [4.69, 9.17) is 0 Å². The van der Waals surface area contributed by atoms with Gasteiger partial charge in [0.05, 0.1) is 30.2 Å². The summed E-state index contributed by atoms with van der Waals surface area (Å²) in [6.07, 6.45) is 3.77. The summed E-state index contributed by atoms with van der Waals surface area (Å²) >= 11 is 0. The molecule has 8 heteroatoms. The Balaban J connectivity index is 1.78. The molecule has 1 saturated heterocycles. The van der Waals surface area contributed by atoms with Crippen molar-refractivity contribution in [2.24, 2.45) is 0 Å². The van der Waals surface area contributed by atoms with Gasteiger partial charge in [0, 0.05) is 19.0 Å². The molecule has 3 heterocycles. The van der Waals surface area contributed by atoms with Crippen LogP contribution in [-0.4, -0.2) is 54.2 Å². The second kappa shape index (κ2) is 6.01. The Morgan fingerprint density at radius 3 is 2.75 bits per heavy atom. The van der Waals surface area contributed by atoms with E-state index >= 15 is 0 Å². The van der Waals surface area contributed by atoms with Crippen LogP contribution in [-0.2, 0) is 5.60 Å². The molecule has 0 unspecified atom stereocenters. The zero-order valence-corrected chi connectivity index (χ0v) is 14.5. The van der Waals surface area contributed by atoms with Gasteiger partial charge in [-0.2, -0.15) is 5.10 Å². The second-order valence-electron chi connectivity index (χ2n) is 7.04. The summed E-state index contributed by atoms with van der Waals surface area (Å²) in [5.41, 5.74) is 0.758. The van der Waals surface area contributed by atoms with Gasteiger partial charge in [-0.1, -0.05) is 19.1 Å². The Morgan fingerprint density at radius 1 is 1.38 bits per heavy atom. The number of nitrogens with zero attached hydrogens (tertiary/aromatic N) is 5. The highest BCUT2D eigenvalue weighted by atomic mass is 16.3. The lowest BCUT2D eigenvalue weighted by atomic mass is 10.00. The average Bonchev–Trinajstić information content (AvgIpc) is 3.25. The number of aromatic amines is 1. The van der Waals surface area contributed by atoms with E-state index in [-0.39, 0.29) is 24.4 Å². The summed E-state index contributed by atoms with van der Waals surface area (Å²) in [7, 11) is 0. The lowest BCUT2D eigenvalue weighted by Crippen LogP contribution is -2.35. The molecule has 1 aliphatic heterocycles. The normalized spacial score (nSPS) is 21.2. The van der Waals surface area contributed by atoms with Gasteiger partial charge in [-0.05, 0) is 19.8 Å². The van der Waals surface area contributed by atoms with Crippen LogP contribution >= 0.6 is 0 Å². The average molecular weight is 332 g/mol. The fourth-order valence-electron chi connectivity index (χ4n) is 3.00. The van der Waals surface area contributed by atoms with Gasteiger partial charge in [0.1, 0.15) is 11.3 Å². The first-order valence-corrected chi connectivity index (χ1v) is 8.29. The highest BCUT2D eigenvalue weighted by Crippen LogP contribution is 2.32. The summed E-state index contributed by atoms with van der Waals surface area (Å²) < 4.78 is 1.71. The van der Waals surface area contributed by atoms with Crippen molar-refractivity contribution < 1.29 is 9.90 Å². The van der Waals surface area contributed by atoms with Crippen LogP contribution in [0.5, 0.6) is 0 Å². The largest absolute Gasteiger partial charge is 0.381 e. The Labute approximate surface area is 140 Å². The third-order valence-corrected chi connectivity index (χ3v) is 4.53. The topological polar surface area (TPSA) is 99.9 Å². The van der Waals surface area contributed by atoms with Gasteiger partial charge >= 0.3 is 0 Å². The minimum absolute atomic E-state index is 0.111. The molecule has 8 nitrogen and oxygen atoms in total. The number of β-amino-alcohol motifs (C(OH)–C–C–N with tert-alkyl or cyclic N) is 1. The SMILES string of the molecule is CC(C)c1[nH]ncc1C(=O)N1CC[C@@](O)(c2cn(C(C)C)nn2)C1. The van der Waals surface area contributed by atoms with E-state index < -0.39 is 5.60 Å². The molecule has 0 aromatic carbocycles. The number of H-pyrrole nitrogens is 1. The number of nitrogens with one attached hydrogen (secondary N) is 1. The Morgan fingerprint density at radius 2 is 2.12 bits per heavy atom. The molecule has 0 spiro atoms. The van der Waals surface area contributed by atoms with Crippen molar-refractivity contribution >= 4 is 5.91 Å². The fourth-order valence-corrected chi connectivity index (χ4v) is 3.00. The number of carbonyl (C=O) groups is 1. The first-order chi connectivity index (χ1) is 11.3. The highest BCUT2D eigenvalue weighted by Gasteiger charge is 2.42. The minimum atomic E-state index is -1.15. The molecule has 0 radical (unpaired) electrons. The van der Waals surface area contributed by atoms with E-state index in [0.717, 1.165) is 5.69 Å². The molecule has 1 amide bonds. The van der Waals surface area contributed by atoms with Crippen molar-refractivity contribution in [3.63, 3.8) is 0 Å². The summed E-state index contributed by atoms with van der Waals surface area (Å²) in [4.78, 5) is 14.4. The van der Waals surface area contributed by atoms with Crippen LogP contribution < -0.4 is 0 Å². The van der Waals surface area contributed by atoms with Crippen LogP contribution in [0, 0.1) is 0 Å². The summed E-state index contributed by atoms with van der Waals surface area (Å²) in [6, 6.07) is 0.175. The maximum Gasteiger partial charge on any atom is 0.257 e. The molecule has 2 N–H and O–H groups in total. The van der Waals surface area contributed by atoms with E-state index in [1.54, 1.807) is 22.0 Å². The van der Waals surface area contributed by atoms with E-state index in [1.165, 1.54) is 0 Å². The number of aliphatic hydroxyl groups is 1. The quantitative estimate of drug-likeness (QED) is 0.882. The Hall–Kier alpha value is -2.22. The van der Waals surface area contributed by atoms with E-state index in [0.29, 0.717) is 24.2 Å². The highest BCUT2D eigenvalue weighted by molar-refractivity contribution is 5.95. The van der Waals surface area contributed by atoms with Gasteiger partial charge in [0.25, 0.3) is 5.91 Å². The maximum absolute atomic E-state index is 12.8. The van der Waals surface area contributed by atoms with Gasteiger partial charge in [-0.3, -0.25) is 9.89 Å². The maximum atomic E-state index is 12.8. The van der Waals surface area contributed by atoms with Crippen LogP contribution in [0.4, 0.5) is 0 Å². The van der Waals surface area contributed by atoms with Crippen molar-refractivity contribution in [3.05, 3.63) is 29.3 Å². The number of rotatable bonds is 4. The molecular formula is C16H24N6O2. The van der Waals surface area contributed by atoms with Gasteiger partial charge in [-0.15, -0.1) is 5.10 Å². The summed E-state index contributed by atoms with van der Waals surface area (Å²) in [5.74, 6) is 0.0681. The molecule has 0 aliphatic carbocycles. The minimum Gasteiger partial charge on any atom is -0.381 e. The standard InChI is InChI=1S/C16H24N6O2/c1-10(2)14-12(7-17-19-14)15(23)21-6-5-16(24,9-21)13-8-22(11(3)4)20-18-13/h7-8,10-11,24H,5-6,9H2,1-4H3,(H,17,19)/t16-/m0/s1. The van der Waals surface area contributed by atoms with Crippen molar-refractivity contribution in [1.29, 1.82) is 0 Å². The predicted octanol–water partition coefficient (Wildman–Crippen LogP) is 1.44. The Bertz CT molecular complexity index is 735. The molecule has 1 fully saturated rings. The predicted molar refractivity (Wildman–Crippen MR) is 87.5 cm³/mol. The number of hydrogen-bond acceptors (Lipinski definition) is 5. The molecule has 24 heavy (non-hydrogen) atoms. The molecule has 1 aliphatic rings. The lowest BCUT2D eigenvalue weighted by molar-refractivity contribution is 0.0381. The van der Waals surface area contributed by atoms with Crippen molar-refractivity contribution in [2.75, 3.05) is 13.1 Å². The smallest absolute Gasteiger partial charge is 0.257 e. The first-order valence-electron chi connectivity index (χ1n) is 8.29. The second-order valence-corrected chi connectivity index (χ2v) is 7.04. The van der Waals surface area contributed by atoms with Gasteiger partial charge < -0.3 is 10.0 Å². The molecule has 1 atom stereocenters. The fraction of sp³-hybridized carbons (Fsp3) is 0.625. The monoisotopic (exact) mass is 332 g/mol. The molecule has 0 saturated carbocycles. The van der Waals surface area contributed by atoms with Crippen molar-refractivity contribution in [3.8, 4) is 0 Å². The van der Waals surface area contributed by atoms with Crippen LogP contribution in [0.15, 0.2) is 12.4 Å². The lowest BCUT2D eigenvalue weighted by Gasteiger charge is -2.21. The zero-order chi connectivity index (χ0) is 17.5. The molecular weight excluding hydrogens is 308 g/mol. The van der Waals surface area contributed by atoms with E-state index in [9.17, 15) is 9.90 Å². The molecule has 3 rings (SSSR count). The number of hydrogen-bond donors (Lipinski definition) is 2. The number of amides is 1.